The minimum atomic E-state index is -0.626. The summed E-state index contributed by atoms with van der Waals surface area (Å²) in [5.41, 5.74) is 0.329. The Hall–Kier alpha value is -3.00. The molecule has 4 rings (SSSR count). The van der Waals surface area contributed by atoms with E-state index in [2.05, 4.69) is 10.2 Å². The van der Waals surface area contributed by atoms with Crippen LogP contribution in [-0.2, 0) is 26.3 Å². The normalized spacial score (nSPS) is 14.6. The molecule has 0 spiro atoms. The molecule has 0 aliphatic heterocycles. The summed E-state index contributed by atoms with van der Waals surface area (Å²) in [6, 6.07) is 13.5. The van der Waals surface area contributed by atoms with Gasteiger partial charge in [0.1, 0.15) is 0 Å². The molecule has 1 amide bonds. The van der Waals surface area contributed by atoms with Gasteiger partial charge in [0.15, 0.2) is 6.61 Å². The largest absolute Gasteiger partial charge is 0.455 e. The smallest absolute Gasteiger partial charge is 0.317 e. The van der Waals surface area contributed by atoms with Crippen molar-refractivity contribution in [2.24, 2.45) is 0 Å². The molecule has 1 aromatic carbocycles. The Labute approximate surface area is 185 Å². The predicted octanol–water partition coefficient (Wildman–Crippen LogP) is 4.20. The van der Waals surface area contributed by atoms with Crippen LogP contribution in [0.5, 0.6) is 0 Å². The molecule has 1 saturated carbocycles. The Morgan fingerprint density at radius 1 is 1.16 bits per heavy atom. The minimum Gasteiger partial charge on any atom is -0.455 e. The van der Waals surface area contributed by atoms with Crippen LogP contribution in [0.25, 0.3) is 10.8 Å². The Morgan fingerprint density at radius 3 is 2.61 bits per heavy atom. The lowest BCUT2D eigenvalue weighted by molar-refractivity contribution is -0.160. The predicted molar refractivity (Wildman–Crippen MR) is 116 cm³/mol. The molecule has 0 saturated heterocycles. The molecule has 1 fully saturated rings. The number of aromatic nitrogens is 2. The molecule has 0 radical (unpaired) electrons. The summed E-state index contributed by atoms with van der Waals surface area (Å²) < 4.78 is 11.2. The first-order valence-corrected chi connectivity index (χ1v) is 11.4. The van der Waals surface area contributed by atoms with Crippen molar-refractivity contribution in [1.82, 2.24) is 15.1 Å². The molecule has 0 unspecified atom stereocenters. The van der Waals surface area contributed by atoms with E-state index in [0.717, 1.165) is 36.1 Å². The monoisotopic (exact) mass is 439 g/mol. The Kier molecular flexibility index (Phi) is 6.46. The molecule has 0 N–H and O–H groups in total. The van der Waals surface area contributed by atoms with Gasteiger partial charge in [-0.15, -0.1) is 21.5 Å². The maximum Gasteiger partial charge on any atom is 0.317 e. The highest BCUT2D eigenvalue weighted by molar-refractivity contribution is 7.13. The minimum absolute atomic E-state index is 0.187. The zero-order valence-corrected chi connectivity index (χ0v) is 18.3. The van der Waals surface area contributed by atoms with Gasteiger partial charge in [0.2, 0.25) is 5.89 Å². The van der Waals surface area contributed by atoms with E-state index in [0.29, 0.717) is 18.3 Å². The molecule has 0 atom stereocenters. The second-order valence-corrected chi connectivity index (χ2v) is 8.62. The van der Waals surface area contributed by atoms with Crippen LogP contribution < -0.4 is 0 Å². The van der Waals surface area contributed by atoms with Gasteiger partial charge in [-0.25, -0.2) is 0 Å². The zero-order valence-electron chi connectivity index (χ0n) is 17.5. The van der Waals surface area contributed by atoms with Crippen LogP contribution in [0.1, 0.15) is 44.1 Å². The Morgan fingerprint density at radius 2 is 1.97 bits per heavy atom. The molecule has 3 aromatic rings. The van der Waals surface area contributed by atoms with Gasteiger partial charge < -0.3 is 14.1 Å². The number of benzene rings is 1. The maximum absolute atomic E-state index is 12.9. The van der Waals surface area contributed by atoms with Crippen molar-refractivity contribution in [2.75, 3.05) is 13.2 Å². The van der Waals surface area contributed by atoms with E-state index in [1.165, 1.54) is 11.3 Å². The quantitative estimate of drug-likeness (QED) is 0.465. The molecule has 162 valence electrons. The SMILES string of the molecule is CCCN(Cc1nnc(-c2cccs2)o1)C(=O)COC(=O)C1(c2ccccc2)CCC1. The highest BCUT2D eigenvalue weighted by Gasteiger charge is 2.47. The number of nitrogens with zero attached hydrogens (tertiary/aromatic N) is 3. The van der Waals surface area contributed by atoms with Gasteiger partial charge >= 0.3 is 5.97 Å². The number of hydrogen-bond donors (Lipinski definition) is 0. The van der Waals surface area contributed by atoms with Crippen molar-refractivity contribution in [3.05, 3.63) is 59.3 Å². The molecular weight excluding hydrogens is 414 g/mol. The molecule has 0 bridgehead atoms. The van der Waals surface area contributed by atoms with Crippen molar-refractivity contribution < 1.29 is 18.7 Å². The molecule has 2 heterocycles. The van der Waals surface area contributed by atoms with Gasteiger partial charge in [0.05, 0.1) is 16.8 Å². The number of thiophene rings is 1. The molecular formula is C23H25N3O4S. The van der Waals surface area contributed by atoms with Gasteiger partial charge in [-0.05, 0) is 36.3 Å². The third kappa shape index (κ3) is 4.54. The van der Waals surface area contributed by atoms with Crippen LogP contribution in [0.3, 0.4) is 0 Å². The number of amides is 1. The third-order valence-electron chi connectivity index (χ3n) is 5.62. The molecule has 7 nitrogen and oxygen atoms in total. The molecule has 1 aliphatic rings. The summed E-state index contributed by atoms with van der Waals surface area (Å²) in [6.45, 7) is 2.39. The highest BCUT2D eigenvalue weighted by Crippen LogP contribution is 2.44. The highest BCUT2D eigenvalue weighted by atomic mass is 32.1. The molecule has 1 aliphatic carbocycles. The van der Waals surface area contributed by atoms with E-state index in [-0.39, 0.29) is 25.0 Å². The summed E-state index contributed by atoms with van der Waals surface area (Å²) in [5.74, 6) is 0.201. The summed E-state index contributed by atoms with van der Waals surface area (Å²) in [5, 5.41) is 10.1. The van der Waals surface area contributed by atoms with Crippen LogP contribution in [0.2, 0.25) is 0 Å². The van der Waals surface area contributed by atoms with E-state index in [1.807, 2.05) is 54.8 Å². The van der Waals surface area contributed by atoms with Gasteiger partial charge in [0.25, 0.3) is 11.8 Å². The first-order valence-electron chi connectivity index (χ1n) is 10.5. The van der Waals surface area contributed by atoms with Crippen LogP contribution >= 0.6 is 11.3 Å². The van der Waals surface area contributed by atoms with Crippen molar-refractivity contribution in [3.63, 3.8) is 0 Å². The molecule has 2 aromatic heterocycles. The lowest BCUT2D eigenvalue weighted by Gasteiger charge is -2.39. The lowest BCUT2D eigenvalue weighted by Crippen LogP contribution is -2.45. The third-order valence-corrected chi connectivity index (χ3v) is 6.48. The fourth-order valence-electron chi connectivity index (χ4n) is 3.80. The van der Waals surface area contributed by atoms with Crippen LogP contribution in [0.15, 0.2) is 52.3 Å². The Balaban J connectivity index is 1.38. The summed E-state index contributed by atoms with van der Waals surface area (Å²) >= 11 is 1.51. The fraction of sp³-hybridized carbons (Fsp3) is 0.391. The Bertz CT molecular complexity index is 1010. The van der Waals surface area contributed by atoms with Gasteiger partial charge in [-0.3, -0.25) is 9.59 Å². The second-order valence-electron chi connectivity index (χ2n) is 7.67. The lowest BCUT2D eigenvalue weighted by atomic mass is 9.64. The van der Waals surface area contributed by atoms with Gasteiger partial charge in [-0.1, -0.05) is 49.7 Å². The van der Waals surface area contributed by atoms with Crippen LogP contribution in [0.4, 0.5) is 0 Å². The van der Waals surface area contributed by atoms with Crippen molar-refractivity contribution >= 4 is 23.2 Å². The summed E-state index contributed by atoms with van der Waals surface area (Å²) in [4.78, 5) is 28.2. The average molecular weight is 440 g/mol. The maximum atomic E-state index is 12.9. The van der Waals surface area contributed by atoms with Crippen LogP contribution in [-0.4, -0.2) is 40.1 Å². The van der Waals surface area contributed by atoms with E-state index in [1.54, 1.807) is 4.90 Å². The van der Waals surface area contributed by atoms with Gasteiger partial charge in [0, 0.05) is 6.54 Å². The molecule has 8 heteroatoms. The van der Waals surface area contributed by atoms with E-state index in [4.69, 9.17) is 9.15 Å². The van der Waals surface area contributed by atoms with Crippen molar-refractivity contribution in [1.29, 1.82) is 0 Å². The average Bonchev–Trinajstić information content (AvgIpc) is 3.43. The summed E-state index contributed by atoms with van der Waals surface area (Å²) in [6.07, 6.45) is 3.23. The topological polar surface area (TPSA) is 85.5 Å². The van der Waals surface area contributed by atoms with E-state index >= 15 is 0 Å². The van der Waals surface area contributed by atoms with Crippen molar-refractivity contribution in [3.8, 4) is 10.8 Å². The number of rotatable bonds is 9. The van der Waals surface area contributed by atoms with Crippen LogP contribution in [0, 0.1) is 0 Å². The number of ether oxygens (including phenoxy) is 1. The van der Waals surface area contributed by atoms with E-state index in [9.17, 15) is 9.59 Å². The first kappa shape index (κ1) is 21.2. The number of hydrogen-bond acceptors (Lipinski definition) is 7. The standard InChI is InChI=1S/C23H25N3O4S/c1-2-13-26(15-19-24-25-21(30-19)18-10-6-14-31-18)20(27)16-29-22(28)23(11-7-12-23)17-8-4-3-5-9-17/h3-6,8-10,14H,2,7,11-13,15-16H2,1H3. The molecule has 31 heavy (non-hydrogen) atoms. The first-order chi connectivity index (χ1) is 15.1. The number of carbonyl (C=O) groups is 2. The summed E-state index contributed by atoms with van der Waals surface area (Å²) in [7, 11) is 0. The van der Waals surface area contributed by atoms with Gasteiger partial charge in [-0.2, -0.15) is 0 Å². The second kappa shape index (κ2) is 9.43. The number of carbonyl (C=O) groups excluding carboxylic acids is 2. The zero-order chi connectivity index (χ0) is 21.7. The van der Waals surface area contributed by atoms with E-state index < -0.39 is 5.41 Å². The van der Waals surface area contributed by atoms with Crippen molar-refractivity contribution in [2.45, 2.75) is 44.6 Å². The number of esters is 1. The fourth-order valence-corrected chi connectivity index (χ4v) is 4.44.